The van der Waals surface area contributed by atoms with Gasteiger partial charge in [0.2, 0.25) is 5.91 Å². The van der Waals surface area contributed by atoms with Crippen molar-refractivity contribution in [3.63, 3.8) is 0 Å². The minimum atomic E-state index is -0.154. The molecule has 3 nitrogen and oxygen atoms in total. The van der Waals surface area contributed by atoms with E-state index < -0.39 is 0 Å². The highest BCUT2D eigenvalue weighted by Gasteiger charge is 2.67. The Hall–Kier alpha value is -1.35. The molecule has 2 bridgehead atoms. The molecular formula is C18H23NO2. The first-order valence-electron chi connectivity index (χ1n) is 8.23. The maximum absolute atomic E-state index is 12.5. The van der Waals surface area contributed by atoms with Crippen LogP contribution in [0, 0.1) is 29.6 Å². The molecule has 1 aromatic rings. The summed E-state index contributed by atoms with van der Waals surface area (Å²) in [5, 5.41) is 12.6. The summed E-state index contributed by atoms with van der Waals surface area (Å²) in [6.07, 6.45) is 4.75. The lowest BCUT2D eigenvalue weighted by atomic mass is 10.0. The number of rotatable bonds is 5. The van der Waals surface area contributed by atoms with Gasteiger partial charge in [0, 0.05) is 5.92 Å². The zero-order valence-electron chi connectivity index (χ0n) is 12.2. The highest BCUT2D eigenvalue weighted by atomic mass is 16.3. The largest absolute Gasteiger partial charge is 0.394 e. The van der Waals surface area contributed by atoms with Gasteiger partial charge in [-0.2, -0.15) is 0 Å². The Morgan fingerprint density at radius 1 is 1.19 bits per heavy atom. The Bertz CT molecular complexity index is 513. The number of aliphatic hydroxyl groups excluding tert-OH is 1. The number of carbonyl (C=O) groups excluding carboxylic acids is 1. The van der Waals surface area contributed by atoms with Crippen molar-refractivity contribution in [3.8, 4) is 0 Å². The van der Waals surface area contributed by atoms with Crippen molar-refractivity contribution in [2.75, 3.05) is 6.61 Å². The Kier molecular flexibility index (Phi) is 3.26. The molecule has 3 aliphatic rings. The second-order valence-corrected chi connectivity index (χ2v) is 7.09. The molecule has 0 aromatic heterocycles. The fourth-order valence-corrected chi connectivity index (χ4v) is 5.03. The molecule has 0 saturated heterocycles. The maximum Gasteiger partial charge on any atom is 0.224 e. The van der Waals surface area contributed by atoms with Crippen molar-refractivity contribution < 1.29 is 9.90 Å². The lowest BCUT2D eigenvalue weighted by Crippen LogP contribution is -2.40. The normalized spacial score (nSPS) is 37.1. The van der Waals surface area contributed by atoms with E-state index >= 15 is 0 Å². The molecule has 0 radical (unpaired) electrons. The fourth-order valence-electron chi connectivity index (χ4n) is 5.03. The second kappa shape index (κ2) is 5.13. The number of nitrogens with one attached hydrogen (secondary N) is 1. The van der Waals surface area contributed by atoms with Gasteiger partial charge in [-0.15, -0.1) is 0 Å². The van der Waals surface area contributed by atoms with Crippen LogP contribution in [0.4, 0.5) is 0 Å². The quantitative estimate of drug-likeness (QED) is 0.869. The number of aliphatic hydroxyl groups is 1. The van der Waals surface area contributed by atoms with Gasteiger partial charge in [0.1, 0.15) is 0 Å². The standard InChI is InChI=1S/C18H23NO2/c20-10-14(8-11-4-2-1-3-5-11)19-18(21)17-15-12-6-7-13(9-12)16(15)17/h1-5,12-17,20H,6-10H2,(H,19,21)/t12?,13?,14-,15?,16?,17?/m1/s1. The van der Waals surface area contributed by atoms with Crippen LogP contribution >= 0.6 is 0 Å². The summed E-state index contributed by atoms with van der Waals surface area (Å²) in [5.41, 5.74) is 1.16. The van der Waals surface area contributed by atoms with E-state index in [0.717, 1.165) is 17.4 Å². The number of hydrogen-bond acceptors (Lipinski definition) is 2. The van der Waals surface area contributed by atoms with Crippen LogP contribution in [0.1, 0.15) is 24.8 Å². The third-order valence-electron chi connectivity index (χ3n) is 5.93. The molecule has 3 fully saturated rings. The van der Waals surface area contributed by atoms with Gasteiger partial charge in [0.05, 0.1) is 12.6 Å². The SMILES string of the molecule is O=C(N[C@@H](CO)Cc1ccccc1)C1C2C3CCC(C3)C12. The van der Waals surface area contributed by atoms with Gasteiger partial charge in [0.15, 0.2) is 0 Å². The predicted octanol–water partition coefficient (Wildman–Crippen LogP) is 2.00. The zero-order chi connectivity index (χ0) is 14.4. The molecule has 3 saturated carbocycles. The van der Waals surface area contributed by atoms with E-state index in [4.69, 9.17) is 0 Å². The Balaban J connectivity index is 1.36. The molecule has 21 heavy (non-hydrogen) atoms. The van der Waals surface area contributed by atoms with Crippen LogP contribution in [0.25, 0.3) is 0 Å². The average Bonchev–Trinajstić information content (AvgIpc) is 2.96. The van der Waals surface area contributed by atoms with Crippen molar-refractivity contribution in [2.24, 2.45) is 29.6 Å². The van der Waals surface area contributed by atoms with Crippen molar-refractivity contribution in [1.82, 2.24) is 5.32 Å². The topological polar surface area (TPSA) is 49.3 Å². The summed E-state index contributed by atoms with van der Waals surface area (Å²) in [6, 6.07) is 9.90. The van der Waals surface area contributed by atoms with E-state index in [0.29, 0.717) is 18.3 Å². The first kappa shape index (κ1) is 13.3. The van der Waals surface area contributed by atoms with Crippen LogP contribution in [-0.2, 0) is 11.2 Å². The fraction of sp³-hybridized carbons (Fsp3) is 0.611. The van der Waals surface area contributed by atoms with Gasteiger partial charge < -0.3 is 10.4 Å². The third-order valence-corrected chi connectivity index (χ3v) is 5.93. The highest BCUT2D eigenvalue weighted by Crippen LogP contribution is 2.69. The first-order valence-corrected chi connectivity index (χ1v) is 8.23. The molecule has 5 atom stereocenters. The smallest absolute Gasteiger partial charge is 0.224 e. The molecule has 1 aromatic carbocycles. The van der Waals surface area contributed by atoms with Crippen molar-refractivity contribution in [1.29, 1.82) is 0 Å². The molecule has 3 aliphatic carbocycles. The van der Waals surface area contributed by atoms with Crippen LogP contribution in [-0.4, -0.2) is 23.7 Å². The first-order chi connectivity index (χ1) is 10.3. The average molecular weight is 285 g/mol. The number of benzene rings is 1. The molecule has 1 amide bonds. The van der Waals surface area contributed by atoms with E-state index in [1.807, 2.05) is 30.3 Å². The Labute approximate surface area is 125 Å². The van der Waals surface area contributed by atoms with E-state index in [2.05, 4.69) is 5.32 Å². The summed E-state index contributed by atoms with van der Waals surface area (Å²) in [4.78, 5) is 12.5. The number of amides is 1. The van der Waals surface area contributed by atoms with Crippen LogP contribution < -0.4 is 5.32 Å². The van der Waals surface area contributed by atoms with Gasteiger partial charge in [-0.1, -0.05) is 30.3 Å². The number of carbonyl (C=O) groups is 1. The van der Waals surface area contributed by atoms with Crippen molar-refractivity contribution in [3.05, 3.63) is 35.9 Å². The Morgan fingerprint density at radius 2 is 1.86 bits per heavy atom. The zero-order valence-corrected chi connectivity index (χ0v) is 12.2. The molecule has 0 heterocycles. The summed E-state index contributed by atoms with van der Waals surface area (Å²) in [6.45, 7) is 0.00947. The predicted molar refractivity (Wildman–Crippen MR) is 80.5 cm³/mol. The van der Waals surface area contributed by atoms with Crippen LogP contribution in [0.3, 0.4) is 0 Å². The number of hydrogen-bond donors (Lipinski definition) is 2. The van der Waals surface area contributed by atoms with E-state index in [9.17, 15) is 9.90 Å². The molecular weight excluding hydrogens is 262 g/mol. The summed E-state index contributed by atoms with van der Waals surface area (Å²) in [5.74, 6) is 3.41. The van der Waals surface area contributed by atoms with Crippen molar-refractivity contribution in [2.45, 2.75) is 31.7 Å². The Morgan fingerprint density at radius 3 is 2.48 bits per heavy atom. The molecule has 0 aliphatic heterocycles. The van der Waals surface area contributed by atoms with E-state index in [-0.39, 0.29) is 24.5 Å². The summed E-state index contributed by atoms with van der Waals surface area (Å²) >= 11 is 0. The molecule has 112 valence electrons. The lowest BCUT2D eigenvalue weighted by molar-refractivity contribution is -0.124. The molecule has 2 N–H and O–H groups in total. The minimum Gasteiger partial charge on any atom is -0.394 e. The van der Waals surface area contributed by atoms with Gasteiger partial charge in [-0.3, -0.25) is 4.79 Å². The minimum absolute atomic E-state index is 0.00947. The second-order valence-electron chi connectivity index (χ2n) is 7.09. The van der Waals surface area contributed by atoms with Crippen LogP contribution in [0.5, 0.6) is 0 Å². The molecule has 4 rings (SSSR count). The molecule has 3 heteroatoms. The van der Waals surface area contributed by atoms with Gasteiger partial charge >= 0.3 is 0 Å². The van der Waals surface area contributed by atoms with Gasteiger partial charge in [-0.25, -0.2) is 0 Å². The monoisotopic (exact) mass is 285 g/mol. The van der Waals surface area contributed by atoms with E-state index in [1.54, 1.807) is 0 Å². The van der Waals surface area contributed by atoms with Crippen LogP contribution in [0.2, 0.25) is 0 Å². The summed E-state index contributed by atoms with van der Waals surface area (Å²) < 4.78 is 0. The van der Waals surface area contributed by atoms with Crippen molar-refractivity contribution >= 4 is 5.91 Å². The summed E-state index contributed by atoms with van der Waals surface area (Å²) in [7, 11) is 0. The van der Waals surface area contributed by atoms with Gasteiger partial charge in [-0.05, 0) is 54.9 Å². The van der Waals surface area contributed by atoms with E-state index in [1.165, 1.54) is 19.3 Å². The maximum atomic E-state index is 12.5. The lowest BCUT2D eigenvalue weighted by Gasteiger charge is -2.18. The van der Waals surface area contributed by atoms with Crippen LogP contribution in [0.15, 0.2) is 30.3 Å². The van der Waals surface area contributed by atoms with Gasteiger partial charge in [0.25, 0.3) is 0 Å². The molecule has 0 spiro atoms. The number of fused-ring (bicyclic) bond motifs is 5. The highest BCUT2D eigenvalue weighted by molar-refractivity contribution is 5.83. The third kappa shape index (κ3) is 2.28. The molecule has 4 unspecified atom stereocenters.